The van der Waals surface area contributed by atoms with E-state index in [1.54, 1.807) is 29.2 Å². The van der Waals surface area contributed by atoms with E-state index >= 15 is 0 Å². The number of carbonyl (C=O) groups is 3. The van der Waals surface area contributed by atoms with Gasteiger partial charge in [0.2, 0.25) is 5.91 Å². The van der Waals surface area contributed by atoms with Gasteiger partial charge in [-0.3, -0.25) is 24.2 Å². The van der Waals surface area contributed by atoms with Gasteiger partial charge in [-0.25, -0.2) is 0 Å². The van der Waals surface area contributed by atoms with Gasteiger partial charge in [0.05, 0.1) is 16.2 Å². The summed E-state index contributed by atoms with van der Waals surface area (Å²) in [4.78, 5) is 42.9. The van der Waals surface area contributed by atoms with E-state index in [4.69, 9.17) is 12.2 Å². The topological polar surface area (TPSA) is 69.7 Å². The average molecular weight is 500 g/mol. The monoisotopic (exact) mass is 499 g/mol. The first kappa shape index (κ1) is 23.0. The summed E-state index contributed by atoms with van der Waals surface area (Å²) in [5, 5.41) is 2.81. The smallest absolute Gasteiger partial charge is 0.267 e. The average Bonchev–Trinajstić information content (AvgIpc) is 3.30. The van der Waals surface area contributed by atoms with Crippen molar-refractivity contribution in [3.05, 3.63) is 101 Å². The van der Waals surface area contributed by atoms with Crippen LogP contribution >= 0.6 is 24.0 Å². The van der Waals surface area contributed by atoms with Crippen LogP contribution in [-0.4, -0.2) is 40.0 Å². The number of carbonyl (C=O) groups excluding carboxylic acids is 3. The maximum Gasteiger partial charge on any atom is 0.267 e. The lowest BCUT2D eigenvalue weighted by Gasteiger charge is -2.16. The third-order valence-corrected chi connectivity index (χ3v) is 7.27. The van der Waals surface area contributed by atoms with Crippen molar-refractivity contribution in [3.63, 3.8) is 0 Å². The lowest BCUT2D eigenvalue weighted by atomic mass is 10.1. The van der Waals surface area contributed by atoms with Crippen LogP contribution in [0.25, 0.3) is 5.57 Å². The molecule has 3 aromatic carbocycles. The Balaban J connectivity index is 1.40. The van der Waals surface area contributed by atoms with E-state index in [2.05, 4.69) is 5.32 Å². The predicted octanol–water partition coefficient (Wildman–Crippen LogP) is 4.49. The molecule has 3 amide bonds. The first-order valence-electron chi connectivity index (χ1n) is 11.1. The molecule has 174 valence electrons. The number of amides is 3. The molecule has 6 nitrogen and oxygen atoms in total. The SMILES string of the molecule is O=C(CN1C(=O)C(=C2SC(=S)N(CCc3ccccc3)C2=O)c2ccccc21)Nc1ccccc1. The number of nitrogens with zero attached hydrogens (tertiary/aromatic N) is 2. The van der Waals surface area contributed by atoms with Crippen LogP contribution < -0.4 is 10.2 Å². The van der Waals surface area contributed by atoms with Gasteiger partial charge in [-0.2, -0.15) is 0 Å². The molecule has 0 unspecified atom stereocenters. The van der Waals surface area contributed by atoms with E-state index in [0.717, 1.165) is 17.3 Å². The lowest BCUT2D eigenvalue weighted by molar-refractivity contribution is -0.122. The minimum absolute atomic E-state index is 0.164. The van der Waals surface area contributed by atoms with Gasteiger partial charge >= 0.3 is 0 Å². The Morgan fingerprint density at radius 1 is 0.829 bits per heavy atom. The molecule has 3 aromatic rings. The van der Waals surface area contributed by atoms with Gasteiger partial charge in [-0.1, -0.05) is 90.7 Å². The van der Waals surface area contributed by atoms with E-state index in [1.807, 2.05) is 60.7 Å². The highest BCUT2D eigenvalue weighted by molar-refractivity contribution is 8.26. The number of thiocarbonyl (C=S) groups is 1. The molecule has 5 rings (SSSR count). The zero-order valence-corrected chi connectivity index (χ0v) is 20.3. The summed E-state index contributed by atoms with van der Waals surface area (Å²) in [5.41, 5.74) is 3.29. The van der Waals surface area contributed by atoms with Crippen molar-refractivity contribution in [2.75, 3.05) is 23.3 Å². The first-order valence-corrected chi connectivity index (χ1v) is 12.3. The van der Waals surface area contributed by atoms with E-state index in [9.17, 15) is 14.4 Å². The highest BCUT2D eigenvalue weighted by Crippen LogP contribution is 2.44. The predicted molar refractivity (Wildman–Crippen MR) is 143 cm³/mol. The Morgan fingerprint density at radius 3 is 2.23 bits per heavy atom. The number of rotatable bonds is 6. The summed E-state index contributed by atoms with van der Waals surface area (Å²) in [6, 6.07) is 26.1. The number of nitrogens with one attached hydrogen (secondary N) is 1. The van der Waals surface area contributed by atoms with Crippen LogP contribution in [0.15, 0.2) is 89.8 Å². The normalized spacial score (nSPS) is 17.2. The molecule has 0 saturated carbocycles. The third-order valence-electron chi connectivity index (χ3n) is 5.83. The standard InChI is InChI=1S/C27H21N3O3S2/c31-22(28-19-11-5-2-6-12-19)17-30-21-14-8-7-13-20(21)23(25(30)32)24-26(33)29(27(34)35-24)16-15-18-9-3-1-4-10-18/h1-14H,15-17H2,(H,28,31). The Bertz CT molecular complexity index is 1360. The quantitative estimate of drug-likeness (QED) is 0.400. The fourth-order valence-electron chi connectivity index (χ4n) is 4.15. The van der Waals surface area contributed by atoms with Crippen LogP contribution in [0.1, 0.15) is 11.1 Å². The van der Waals surface area contributed by atoms with Crippen LogP contribution in [0.4, 0.5) is 11.4 Å². The molecule has 0 spiro atoms. The van der Waals surface area contributed by atoms with E-state index < -0.39 is 0 Å². The van der Waals surface area contributed by atoms with Gasteiger partial charge in [0.15, 0.2) is 0 Å². The molecule has 8 heteroatoms. The molecule has 0 aliphatic carbocycles. The molecule has 2 heterocycles. The summed E-state index contributed by atoms with van der Waals surface area (Å²) in [6.07, 6.45) is 0.659. The Hall–Kier alpha value is -3.75. The number of fused-ring (bicyclic) bond motifs is 1. The van der Waals surface area contributed by atoms with Gasteiger partial charge in [0.25, 0.3) is 11.8 Å². The third kappa shape index (κ3) is 4.62. The van der Waals surface area contributed by atoms with Crippen molar-refractivity contribution in [3.8, 4) is 0 Å². The molecule has 0 aromatic heterocycles. The van der Waals surface area contributed by atoms with Gasteiger partial charge in [0, 0.05) is 17.8 Å². The van der Waals surface area contributed by atoms with Crippen LogP contribution in [0, 0.1) is 0 Å². The van der Waals surface area contributed by atoms with Crippen molar-refractivity contribution in [2.45, 2.75) is 6.42 Å². The number of hydrogen-bond donors (Lipinski definition) is 1. The molecule has 1 N–H and O–H groups in total. The van der Waals surface area contributed by atoms with Gasteiger partial charge in [-0.05, 0) is 30.2 Å². The molecule has 0 radical (unpaired) electrons. The van der Waals surface area contributed by atoms with Crippen LogP contribution in [0.5, 0.6) is 0 Å². The molecule has 2 aliphatic rings. The van der Waals surface area contributed by atoms with Crippen molar-refractivity contribution in [1.82, 2.24) is 4.90 Å². The molecule has 1 fully saturated rings. The van der Waals surface area contributed by atoms with Crippen LogP contribution in [0.2, 0.25) is 0 Å². The number of thioether (sulfide) groups is 1. The zero-order chi connectivity index (χ0) is 24.4. The molecule has 2 aliphatic heterocycles. The maximum absolute atomic E-state index is 13.5. The largest absolute Gasteiger partial charge is 0.325 e. The second kappa shape index (κ2) is 9.85. The highest BCUT2D eigenvalue weighted by Gasteiger charge is 2.42. The fraction of sp³-hybridized carbons (Fsp3) is 0.111. The van der Waals surface area contributed by atoms with Gasteiger partial charge in [0.1, 0.15) is 10.9 Å². The fourth-order valence-corrected chi connectivity index (χ4v) is 5.53. The number of para-hydroxylation sites is 2. The summed E-state index contributed by atoms with van der Waals surface area (Å²) in [7, 11) is 0. The van der Waals surface area contributed by atoms with Crippen molar-refractivity contribution in [2.24, 2.45) is 0 Å². The summed E-state index contributed by atoms with van der Waals surface area (Å²) < 4.78 is 0.430. The summed E-state index contributed by atoms with van der Waals surface area (Å²) in [6.45, 7) is 0.271. The van der Waals surface area contributed by atoms with E-state index in [1.165, 1.54) is 4.90 Å². The molecule has 1 saturated heterocycles. The Morgan fingerprint density at radius 2 is 1.49 bits per heavy atom. The van der Waals surface area contributed by atoms with Crippen molar-refractivity contribution >= 4 is 63.0 Å². The molecule has 0 atom stereocenters. The molecular weight excluding hydrogens is 478 g/mol. The van der Waals surface area contributed by atoms with Gasteiger partial charge < -0.3 is 5.32 Å². The lowest BCUT2D eigenvalue weighted by Crippen LogP contribution is -2.35. The molecule has 0 bridgehead atoms. The first-order chi connectivity index (χ1) is 17.0. The summed E-state index contributed by atoms with van der Waals surface area (Å²) in [5.74, 6) is -0.973. The second-order valence-corrected chi connectivity index (χ2v) is 9.73. The van der Waals surface area contributed by atoms with E-state index in [-0.39, 0.29) is 24.3 Å². The Kier molecular flexibility index (Phi) is 6.48. The van der Waals surface area contributed by atoms with Crippen LogP contribution in [0.3, 0.4) is 0 Å². The number of hydrogen-bond acceptors (Lipinski definition) is 5. The van der Waals surface area contributed by atoms with E-state index in [0.29, 0.717) is 44.7 Å². The van der Waals surface area contributed by atoms with Crippen molar-refractivity contribution in [1.29, 1.82) is 0 Å². The Labute approximate surface area is 212 Å². The minimum Gasteiger partial charge on any atom is -0.325 e. The second-order valence-electron chi connectivity index (χ2n) is 8.09. The van der Waals surface area contributed by atoms with Gasteiger partial charge in [-0.15, -0.1) is 0 Å². The number of anilines is 2. The summed E-state index contributed by atoms with van der Waals surface area (Å²) >= 11 is 6.64. The number of benzene rings is 3. The van der Waals surface area contributed by atoms with Crippen molar-refractivity contribution < 1.29 is 14.4 Å². The molecular formula is C27H21N3O3S2. The molecule has 35 heavy (non-hydrogen) atoms. The minimum atomic E-state index is -0.377. The van der Waals surface area contributed by atoms with Crippen LogP contribution in [-0.2, 0) is 20.8 Å². The maximum atomic E-state index is 13.5. The highest BCUT2D eigenvalue weighted by atomic mass is 32.2. The zero-order valence-electron chi connectivity index (χ0n) is 18.6.